The summed E-state index contributed by atoms with van der Waals surface area (Å²) in [5, 5.41) is 3.82. The van der Waals surface area contributed by atoms with Gasteiger partial charge in [0, 0.05) is 48.0 Å². The Hall–Kier alpha value is -4.92. The number of benzene rings is 3. The molecule has 4 nitrogen and oxygen atoms in total. The number of allylic oxidation sites excluding steroid dienone is 3. The fourth-order valence-electron chi connectivity index (χ4n) is 7.20. The predicted molar refractivity (Wildman–Crippen MR) is 183 cm³/mol. The zero-order valence-electron chi connectivity index (χ0n) is 24.2. The van der Waals surface area contributed by atoms with E-state index in [2.05, 4.69) is 90.2 Å². The molecule has 0 radical (unpaired) electrons. The highest BCUT2D eigenvalue weighted by molar-refractivity contribution is 7.20. The highest BCUT2D eigenvalue weighted by atomic mass is 32.1. The van der Waals surface area contributed by atoms with E-state index in [4.69, 9.17) is 22.3 Å². The molecule has 43 heavy (non-hydrogen) atoms. The van der Waals surface area contributed by atoms with Gasteiger partial charge < -0.3 is 20.5 Å². The molecule has 4 N–H and O–H groups in total. The highest BCUT2D eigenvalue weighted by Crippen LogP contribution is 2.48. The van der Waals surface area contributed by atoms with Crippen LogP contribution in [-0.2, 0) is 18.3 Å². The lowest BCUT2D eigenvalue weighted by atomic mass is 9.72. The van der Waals surface area contributed by atoms with E-state index < -0.39 is 0 Å². The van der Waals surface area contributed by atoms with Crippen molar-refractivity contribution in [2.75, 3.05) is 5.73 Å². The number of hydrogen-bond donors (Lipinski definition) is 2. The number of furan rings is 1. The summed E-state index contributed by atoms with van der Waals surface area (Å²) in [6.07, 6.45) is 19.5. The summed E-state index contributed by atoms with van der Waals surface area (Å²) in [5.41, 5.74) is 22.1. The van der Waals surface area contributed by atoms with Crippen LogP contribution >= 0.6 is 11.3 Å². The van der Waals surface area contributed by atoms with E-state index in [1.54, 1.807) is 0 Å². The second kappa shape index (κ2) is 9.29. The molecule has 3 aromatic carbocycles. The molecule has 2 aliphatic rings. The average Bonchev–Trinajstić information content (AvgIpc) is 3.66. The lowest BCUT2D eigenvalue weighted by molar-refractivity contribution is 0.520. The molecule has 0 saturated heterocycles. The first-order chi connectivity index (χ1) is 20.9. The van der Waals surface area contributed by atoms with E-state index in [0.29, 0.717) is 17.9 Å². The van der Waals surface area contributed by atoms with Crippen LogP contribution in [0, 0.1) is 12.3 Å². The number of nitrogens with two attached hydrogens (primary N) is 2. The van der Waals surface area contributed by atoms with Crippen molar-refractivity contribution >= 4 is 67.1 Å². The molecule has 6 aromatic rings. The summed E-state index contributed by atoms with van der Waals surface area (Å²) in [6, 6.07) is 19.6. The summed E-state index contributed by atoms with van der Waals surface area (Å²) >= 11 is 1.88. The first-order valence-electron chi connectivity index (χ1n) is 14.7. The van der Waals surface area contributed by atoms with E-state index in [1.807, 2.05) is 30.4 Å². The lowest BCUT2D eigenvalue weighted by Crippen LogP contribution is -2.27. The molecular weight excluding hydrogens is 547 g/mol. The molecule has 1 atom stereocenters. The Bertz CT molecular complexity index is 2280. The fourth-order valence-corrected chi connectivity index (χ4v) is 8.38. The van der Waals surface area contributed by atoms with Crippen LogP contribution in [0.5, 0.6) is 0 Å². The van der Waals surface area contributed by atoms with Gasteiger partial charge in [0.1, 0.15) is 5.76 Å². The number of nitrogen functional groups attached to an aromatic ring is 1. The van der Waals surface area contributed by atoms with Crippen LogP contribution in [-0.4, -0.2) is 4.57 Å². The molecule has 3 aromatic heterocycles. The third-order valence-corrected chi connectivity index (χ3v) is 10.2. The van der Waals surface area contributed by atoms with Crippen LogP contribution in [0.2, 0.25) is 0 Å². The van der Waals surface area contributed by atoms with Crippen molar-refractivity contribution in [3.8, 4) is 18.0 Å². The standard InChI is InChI=1S/C38H31N3OS/c1-4-31-26(20-22(2)39)27-21-38(3,19-18-32(27)42-31)28-12-9-13-29(40)37(28)41-30-14-7-5-10-23(30)24-16-17-34-35(36(24)41)25-11-6-8-15-33(25)43-34/h1,5,7-10,12-20H,6,11,21,39-40H2,2-3H3/b22-20+. The van der Waals surface area contributed by atoms with E-state index in [1.165, 1.54) is 36.8 Å². The molecule has 0 saturated carbocycles. The minimum absolute atomic E-state index is 0.388. The minimum atomic E-state index is -0.388. The third-order valence-electron chi connectivity index (χ3n) is 9.08. The highest BCUT2D eigenvalue weighted by Gasteiger charge is 2.35. The zero-order valence-corrected chi connectivity index (χ0v) is 25.0. The molecule has 0 aliphatic heterocycles. The SMILES string of the molecule is C#Cc1oc2c(c1/C=C(\C)N)CC(C)(c1cccc(N)c1-n1c3ccccc3c3ccc4sc5c(c4c31)CCC=C5)C=C2. The van der Waals surface area contributed by atoms with Crippen molar-refractivity contribution in [3.05, 3.63) is 111 Å². The zero-order chi connectivity index (χ0) is 29.5. The maximum Gasteiger partial charge on any atom is 0.184 e. The number of anilines is 1. The third kappa shape index (κ3) is 3.70. The molecule has 210 valence electrons. The summed E-state index contributed by atoms with van der Waals surface area (Å²) in [6.45, 7) is 4.15. The molecule has 0 amide bonds. The Morgan fingerprint density at radius 1 is 1.07 bits per heavy atom. The van der Waals surface area contributed by atoms with E-state index in [9.17, 15) is 0 Å². The molecule has 3 heterocycles. The van der Waals surface area contributed by atoms with Gasteiger partial charge in [-0.05, 0) is 79.7 Å². The van der Waals surface area contributed by atoms with Gasteiger partial charge in [0.15, 0.2) is 5.76 Å². The monoisotopic (exact) mass is 577 g/mol. The Kier molecular flexibility index (Phi) is 5.57. The van der Waals surface area contributed by atoms with Gasteiger partial charge in [0.05, 0.1) is 22.4 Å². The van der Waals surface area contributed by atoms with Gasteiger partial charge >= 0.3 is 0 Å². The Labute approximate surface area is 254 Å². The van der Waals surface area contributed by atoms with Crippen LogP contribution in [0.3, 0.4) is 0 Å². The molecule has 1 unspecified atom stereocenters. The number of para-hydroxylation sites is 2. The molecule has 0 bridgehead atoms. The van der Waals surface area contributed by atoms with Crippen LogP contribution in [0.15, 0.2) is 76.9 Å². The number of terminal acetylenes is 1. The molecule has 0 spiro atoms. The van der Waals surface area contributed by atoms with Gasteiger partial charge in [0.2, 0.25) is 0 Å². The van der Waals surface area contributed by atoms with Gasteiger partial charge in [-0.2, -0.15) is 0 Å². The Balaban J connectivity index is 1.44. The fraction of sp³-hybridized carbons (Fsp3) is 0.158. The normalized spacial score (nSPS) is 17.9. The first-order valence-corrected chi connectivity index (χ1v) is 15.5. The smallest absolute Gasteiger partial charge is 0.184 e. The van der Waals surface area contributed by atoms with Crippen molar-refractivity contribution in [1.29, 1.82) is 0 Å². The Morgan fingerprint density at radius 3 is 2.77 bits per heavy atom. The largest absolute Gasteiger partial charge is 0.447 e. The minimum Gasteiger partial charge on any atom is -0.447 e. The second-order valence-corrected chi connectivity index (χ2v) is 13.0. The summed E-state index contributed by atoms with van der Waals surface area (Å²) in [5.74, 6) is 4.02. The molecule has 2 aliphatic carbocycles. The number of hydrogen-bond acceptors (Lipinski definition) is 4. The van der Waals surface area contributed by atoms with E-state index >= 15 is 0 Å². The van der Waals surface area contributed by atoms with Crippen LogP contribution in [0.1, 0.15) is 58.9 Å². The number of thiophene rings is 1. The van der Waals surface area contributed by atoms with Crippen molar-refractivity contribution < 1.29 is 4.42 Å². The summed E-state index contributed by atoms with van der Waals surface area (Å²) < 4.78 is 9.84. The molecule has 5 heteroatoms. The first kappa shape index (κ1) is 25.8. The lowest BCUT2D eigenvalue weighted by Gasteiger charge is -2.32. The van der Waals surface area contributed by atoms with E-state index in [-0.39, 0.29) is 5.41 Å². The average molecular weight is 578 g/mol. The number of nitrogens with zero attached hydrogens (tertiary/aromatic N) is 1. The van der Waals surface area contributed by atoms with Crippen molar-refractivity contribution in [2.45, 2.75) is 38.5 Å². The second-order valence-electron chi connectivity index (χ2n) is 12.0. The van der Waals surface area contributed by atoms with Crippen molar-refractivity contribution in [1.82, 2.24) is 4.57 Å². The Morgan fingerprint density at radius 2 is 1.93 bits per heavy atom. The van der Waals surface area contributed by atoms with Crippen molar-refractivity contribution in [3.63, 3.8) is 0 Å². The van der Waals surface area contributed by atoms with Crippen LogP contribution in [0.25, 0.3) is 55.8 Å². The number of aryl methyl sites for hydroxylation is 1. The molecule has 0 fully saturated rings. The van der Waals surface area contributed by atoms with Gasteiger partial charge in [-0.3, -0.25) is 0 Å². The van der Waals surface area contributed by atoms with Crippen LogP contribution in [0.4, 0.5) is 5.69 Å². The van der Waals surface area contributed by atoms with Gasteiger partial charge in [-0.1, -0.05) is 55.5 Å². The molecule has 8 rings (SSSR count). The van der Waals surface area contributed by atoms with Crippen molar-refractivity contribution in [2.24, 2.45) is 5.73 Å². The number of fused-ring (bicyclic) bond motifs is 8. The summed E-state index contributed by atoms with van der Waals surface area (Å²) in [7, 11) is 0. The number of rotatable bonds is 3. The maximum absolute atomic E-state index is 7.01. The van der Waals surface area contributed by atoms with Gasteiger partial charge in [-0.15, -0.1) is 17.8 Å². The topological polar surface area (TPSA) is 70.1 Å². The quantitative estimate of drug-likeness (QED) is 0.163. The van der Waals surface area contributed by atoms with Gasteiger partial charge in [-0.25, -0.2) is 0 Å². The van der Waals surface area contributed by atoms with Gasteiger partial charge in [0.25, 0.3) is 0 Å². The predicted octanol–water partition coefficient (Wildman–Crippen LogP) is 8.96. The van der Waals surface area contributed by atoms with Crippen LogP contribution < -0.4 is 11.5 Å². The van der Waals surface area contributed by atoms with E-state index in [0.717, 1.165) is 52.2 Å². The maximum atomic E-state index is 7.01. The number of aromatic nitrogens is 1. The summed E-state index contributed by atoms with van der Waals surface area (Å²) in [4.78, 5) is 1.36. The molecular formula is C38H31N3OS.